The SMILES string of the molecule is Cc1nc2cc(-c3cccc(N4C=CCC4)c3)nn2c(N(C)C)c1[C@H](OC(C)(C)C)C(=O)O. The Morgan fingerprint density at radius 1 is 1.24 bits per heavy atom. The van der Waals surface area contributed by atoms with Gasteiger partial charge in [-0.15, -0.1) is 0 Å². The number of carbonyl (C=O) groups is 1. The molecular weight excluding hydrogens is 418 g/mol. The second kappa shape index (κ2) is 8.51. The average Bonchev–Trinajstić information content (AvgIpc) is 3.40. The zero-order valence-corrected chi connectivity index (χ0v) is 20.0. The fourth-order valence-electron chi connectivity index (χ4n) is 4.13. The van der Waals surface area contributed by atoms with E-state index in [9.17, 15) is 9.90 Å². The highest BCUT2D eigenvalue weighted by Crippen LogP contribution is 2.35. The predicted octanol–water partition coefficient (Wildman–Crippen LogP) is 4.44. The number of carboxylic acid groups (broad SMARTS) is 1. The van der Waals surface area contributed by atoms with Crippen LogP contribution in [0.1, 0.15) is 44.6 Å². The van der Waals surface area contributed by atoms with Crippen molar-refractivity contribution in [2.45, 2.75) is 45.8 Å². The highest BCUT2D eigenvalue weighted by atomic mass is 16.5. The standard InChI is InChI=1S/C25H31N5O3/c1-16-21(22(24(31)32)33-25(2,3)4)23(28(5)6)30-20(26-16)15-19(27-30)17-10-9-11-18(14-17)29-12-7-8-13-29/h7,9-12,14-15,22H,8,13H2,1-6H3,(H,31,32)/t22-/m0/s1. The van der Waals surface area contributed by atoms with Crippen molar-refractivity contribution in [3.05, 3.63) is 53.9 Å². The maximum Gasteiger partial charge on any atom is 0.337 e. The Bertz CT molecular complexity index is 1220. The third kappa shape index (κ3) is 4.57. The van der Waals surface area contributed by atoms with E-state index in [4.69, 9.17) is 14.8 Å². The largest absolute Gasteiger partial charge is 0.479 e. The summed E-state index contributed by atoms with van der Waals surface area (Å²) in [5, 5.41) is 14.8. The third-order valence-corrected chi connectivity index (χ3v) is 5.48. The lowest BCUT2D eigenvalue weighted by atomic mass is 10.1. The monoisotopic (exact) mass is 449 g/mol. The number of benzene rings is 1. The van der Waals surface area contributed by atoms with Crippen molar-refractivity contribution < 1.29 is 14.6 Å². The first-order valence-electron chi connectivity index (χ1n) is 11.1. The number of hydrogen-bond donors (Lipinski definition) is 1. The number of rotatable bonds is 6. The summed E-state index contributed by atoms with van der Waals surface area (Å²) in [5.74, 6) is -0.421. The summed E-state index contributed by atoms with van der Waals surface area (Å²) < 4.78 is 7.66. The van der Waals surface area contributed by atoms with Crippen LogP contribution in [0.5, 0.6) is 0 Å². The Balaban J connectivity index is 1.86. The van der Waals surface area contributed by atoms with Gasteiger partial charge in [0.15, 0.2) is 11.8 Å². The van der Waals surface area contributed by atoms with Gasteiger partial charge in [-0.2, -0.15) is 9.61 Å². The Morgan fingerprint density at radius 2 is 2.00 bits per heavy atom. The molecule has 0 bridgehead atoms. The van der Waals surface area contributed by atoms with Gasteiger partial charge in [0.05, 0.1) is 16.9 Å². The molecule has 0 spiro atoms. The topological polar surface area (TPSA) is 83.2 Å². The predicted molar refractivity (Wildman–Crippen MR) is 130 cm³/mol. The quantitative estimate of drug-likeness (QED) is 0.596. The molecule has 2 aromatic heterocycles. The van der Waals surface area contributed by atoms with Crippen LogP contribution in [0, 0.1) is 6.92 Å². The van der Waals surface area contributed by atoms with Crippen molar-refractivity contribution in [2.24, 2.45) is 0 Å². The van der Waals surface area contributed by atoms with Gasteiger partial charge in [0.1, 0.15) is 5.82 Å². The van der Waals surface area contributed by atoms with Gasteiger partial charge in [0.25, 0.3) is 0 Å². The molecule has 1 N–H and O–H groups in total. The molecule has 0 radical (unpaired) electrons. The van der Waals surface area contributed by atoms with Gasteiger partial charge in [0.2, 0.25) is 0 Å². The summed E-state index contributed by atoms with van der Waals surface area (Å²) in [4.78, 5) is 21.0. The normalized spacial score (nSPS) is 14.8. The second-order valence-electron chi connectivity index (χ2n) is 9.49. The van der Waals surface area contributed by atoms with Crippen LogP contribution in [0.25, 0.3) is 16.9 Å². The molecule has 1 aromatic carbocycles. The van der Waals surface area contributed by atoms with Crippen LogP contribution in [0.4, 0.5) is 11.5 Å². The van der Waals surface area contributed by atoms with E-state index in [1.807, 2.05) is 64.9 Å². The minimum absolute atomic E-state index is 0.500. The van der Waals surface area contributed by atoms with E-state index in [1.165, 1.54) is 0 Å². The molecule has 33 heavy (non-hydrogen) atoms. The highest BCUT2D eigenvalue weighted by molar-refractivity contribution is 5.79. The fourth-order valence-corrected chi connectivity index (χ4v) is 4.13. The molecule has 174 valence electrons. The highest BCUT2D eigenvalue weighted by Gasteiger charge is 2.33. The van der Waals surface area contributed by atoms with Crippen LogP contribution in [0.15, 0.2) is 42.6 Å². The molecule has 0 unspecified atom stereocenters. The molecule has 4 rings (SSSR count). The van der Waals surface area contributed by atoms with Crippen LogP contribution in [-0.4, -0.2) is 51.9 Å². The van der Waals surface area contributed by atoms with E-state index < -0.39 is 17.7 Å². The van der Waals surface area contributed by atoms with Crippen molar-refractivity contribution in [2.75, 3.05) is 30.4 Å². The molecule has 0 saturated carbocycles. The zero-order valence-electron chi connectivity index (χ0n) is 20.0. The summed E-state index contributed by atoms with van der Waals surface area (Å²) in [6.07, 6.45) is 4.13. The minimum Gasteiger partial charge on any atom is -0.479 e. The zero-order chi connectivity index (χ0) is 23.9. The van der Waals surface area contributed by atoms with Gasteiger partial charge in [-0.05, 0) is 46.2 Å². The van der Waals surface area contributed by atoms with Crippen molar-refractivity contribution >= 4 is 23.1 Å². The summed E-state index contributed by atoms with van der Waals surface area (Å²) in [6.45, 7) is 8.31. The molecule has 1 aliphatic heterocycles. The molecule has 0 saturated heterocycles. The van der Waals surface area contributed by atoms with Gasteiger partial charge in [-0.25, -0.2) is 9.78 Å². The first-order valence-corrected chi connectivity index (χ1v) is 11.1. The Labute approximate surface area is 194 Å². The number of carboxylic acids is 1. The Kier molecular flexibility index (Phi) is 5.88. The number of hydrogen-bond acceptors (Lipinski definition) is 6. The maximum absolute atomic E-state index is 12.2. The van der Waals surface area contributed by atoms with Crippen LogP contribution in [-0.2, 0) is 9.53 Å². The first kappa shape index (κ1) is 22.8. The molecule has 1 aliphatic rings. The second-order valence-corrected chi connectivity index (χ2v) is 9.49. The van der Waals surface area contributed by atoms with Crippen molar-refractivity contribution in [1.29, 1.82) is 0 Å². The van der Waals surface area contributed by atoms with E-state index in [0.717, 1.165) is 29.9 Å². The lowest BCUT2D eigenvalue weighted by Crippen LogP contribution is -2.30. The van der Waals surface area contributed by atoms with Crippen molar-refractivity contribution in [3.8, 4) is 11.3 Å². The van der Waals surface area contributed by atoms with Crippen LogP contribution < -0.4 is 9.80 Å². The van der Waals surface area contributed by atoms with E-state index in [-0.39, 0.29) is 0 Å². The maximum atomic E-state index is 12.2. The number of aliphatic carboxylic acids is 1. The minimum atomic E-state index is -1.17. The summed E-state index contributed by atoms with van der Waals surface area (Å²) in [6, 6.07) is 10.2. The summed E-state index contributed by atoms with van der Waals surface area (Å²) in [5.41, 5.74) is 3.97. The Morgan fingerprint density at radius 3 is 2.61 bits per heavy atom. The van der Waals surface area contributed by atoms with E-state index in [2.05, 4.69) is 29.3 Å². The molecule has 8 nitrogen and oxygen atoms in total. The van der Waals surface area contributed by atoms with E-state index in [1.54, 1.807) is 4.52 Å². The molecule has 1 atom stereocenters. The number of fused-ring (bicyclic) bond motifs is 1. The smallest absolute Gasteiger partial charge is 0.337 e. The third-order valence-electron chi connectivity index (χ3n) is 5.48. The summed E-state index contributed by atoms with van der Waals surface area (Å²) >= 11 is 0. The number of anilines is 2. The number of aromatic nitrogens is 3. The molecule has 3 heterocycles. The Hall–Kier alpha value is -3.39. The van der Waals surface area contributed by atoms with Crippen LogP contribution in [0.3, 0.4) is 0 Å². The number of ether oxygens (including phenoxy) is 1. The fraction of sp³-hybridized carbons (Fsp3) is 0.400. The lowest BCUT2D eigenvalue weighted by molar-refractivity contribution is -0.160. The molecule has 0 fully saturated rings. The van der Waals surface area contributed by atoms with Gasteiger partial charge in [-0.3, -0.25) is 0 Å². The van der Waals surface area contributed by atoms with E-state index in [0.29, 0.717) is 22.7 Å². The average molecular weight is 450 g/mol. The lowest BCUT2D eigenvalue weighted by Gasteiger charge is -2.29. The van der Waals surface area contributed by atoms with Gasteiger partial charge in [0, 0.05) is 49.9 Å². The molecule has 3 aromatic rings. The van der Waals surface area contributed by atoms with Crippen molar-refractivity contribution in [3.63, 3.8) is 0 Å². The van der Waals surface area contributed by atoms with E-state index >= 15 is 0 Å². The molecule has 8 heteroatoms. The molecular formula is C25H31N5O3. The first-order chi connectivity index (χ1) is 15.5. The number of nitrogens with zero attached hydrogens (tertiary/aromatic N) is 5. The van der Waals surface area contributed by atoms with Gasteiger partial charge in [-0.1, -0.05) is 18.2 Å². The van der Waals surface area contributed by atoms with Crippen molar-refractivity contribution in [1.82, 2.24) is 14.6 Å². The van der Waals surface area contributed by atoms with Gasteiger partial charge >= 0.3 is 5.97 Å². The summed E-state index contributed by atoms with van der Waals surface area (Å²) in [7, 11) is 3.74. The molecule has 0 aliphatic carbocycles. The molecule has 0 amide bonds. The number of aryl methyl sites for hydroxylation is 1. The van der Waals surface area contributed by atoms with Gasteiger partial charge < -0.3 is 19.6 Å². The van der Waals surface area contributed by atoms with Crippen LogP contribution >= 0.6 is 0 Å². The van der Waals surface area contributed by atoms with Crippen LogP contribution in [0.2, 0.25) is 0 Å².